The van der Waals surface area contributed by atoms with Gasteiger partial charge in [-0.25, -0.2) is 0 Å². The largest absolute Gasteiger partial charge is 0.339 e. The molecule has 2 fully saturated rings. The van der Waals surface area contributed by atoms with Gasteiger partial charge in [-0.2, -0.15) is 0 Å². The molecule has 1 N–H and O–H groups in total. The van der Waals surface area contributed by atoms with Gasteiger partial charge in [-0.3, -0.25) is 4.79 Å². The van der Waals surface area contributed by atoms with E-state index < -0.39 is 0 Å². The molecule has 1 heterocycles. The predicted molar refractivity (Wildman–Crippen MR) is 74.5 cm³/mol. The molecular weight excluding hydrogens is 224 g/mol. The van der Waals surface area contributed by atoms with Crippen molar-refractivity contribution >= 4 is 5.91 Å². The summed E-state index contributed by atoms with van der Waals surface area (Å²) in [5.74, 6) is 1.10. The van der Waals surface area contributed by atoms with Crippen LogP contribution in [0.3, 0.4) is 0 Å². The second-order valence-corrected chi connectivity index (χ2v) is 5.95. The first-order valence-corrected chi connectivity index (χ1v) is 7.81. The van der Waals surface area contributed by atoms with Crippen molar-refractivity contribution in [3.8, 4) is 0 Å². The van der Waals surface area contributed by atoms with Crippen molar-refractivity contribution in [2.24, 2.45) is 5.92 Å². The van der Waals surface area contributed by atoms with Crippen LogP contribution in [0.1, 0.15) is 58.3 Å². The van der Waals surface area contributed by atoms with E-state index in [0.717, 1.165) is 32.5 Å². The van der Waals surface area contributed by atoms with Gasteiger partial charge in [-0.15, -0.1) is 0 Å². The number of unbranched alkanes of at least 4 members (excludes halogenated alkanes) is 2. The van der Waals surface area contributed by atoms with Crippen LogP contribution >= 0.6 is 0 Å². The average molecular weight is 252 g/mol. The summed E-state index contributed by atoms with van der Waals surface area (Å²) in [4.78, 5) is 14.5. The lowest BCUT2D eigenvalue weighted by molar-refractivity contribution is -0.132. The van der Waals surface area contributed by atoms with Crippen LogP contribution < -0.4 is 5.32 Å². The first-order chi connectivity index (χ1) is 8.81. The zero-order chi connectivity index (χ0) is 12.8. The number of piperidine rings is 1. The van der Waals surface area contributed by atoms with Crippen LogP contribution in [0, 0.1) is 5.92 Å². The maximum Gasteiger partial charge on any atom is 0.222 e. The van der Waals surface area contributed by atoms with Gasteiger partial charge in [-0.05, 0) is 51.1 Å². The molecule has 0 radical (unpaired) electrons. The molecule has 0 aromatic rings. The third kappa shape index (κ3) is 4.27. The SMILES string of the molecule is CCCCCC(=O)N(CC1CCCNC1)C1CC1. The lowest BCUT2D eigenvalue weighted by Crippen LogP contribution is -2.42. The predicted octanol–water partition coefficient (Wildman–Crippen LogP) is 2.56. The van der Waals surface area contributed by atoms with E-state index in [4.69, 9.17) is 0 Å². The molecule has 0 bridgehead atoms. The monoisotopic (exact) mass is 252 g/mol. The standard InChI is InChI=1S/C15H28N2O/c1-2-3-4-7-15(18)17(14-8-9-14)12-13-6-5-10-16-11-13/h13-14,16H,2-12H2,1H3. The van der Waals surface area contributed by atoms with Crippen molar-refractivity contribution in [2.45, 2.75) is 64.3 Å². The molecule has 0 spiro atoms. The summed E-state index contributed by atoms with van der Waals surface area (Å²) in [6, 6.07) is 0.584. The van der Waals surface area contributed by atoms with Crippen LogP contribution in [-0.2, 0) is 4.79 Å². The summed E-state index contributed by atoms with van der Waals surface area (Å²) in [6.45, 7) is 5.45. The highest BCUT2D eigenvalue weighted by Gasteiger charge is 2.33. The highest BCUT2D eigenvalue weighted by atomic mass is 16.2. The summed E-state index contributed by atoms with van der Waals surface area (Å²) < 4.78 is 0. The molecule has 0 aromatic carbocycles. The molecule has 18 heavy (non-hydrogen) atoms. The minimum Gasteiger partial charge on any atom is -0.339 e. The van der Waals surface area contributed by atoms with Gasteiger partial charge < -0.3 is 10.2 Å². The van der Waals surface area contributed by atoms with Gasteiger partial charge in [0.15, 0.2) is 0 Å². The summed E-state index contributed by atoms with van der Waals surface area (Å²) in [5.41, 5.74) is 0. The molecule has 3 heteroatoms. The minimum absolute atomic E-state index is 0.413. The lowest BCUT2D eigenvalue weighted by Gasteiger charge is -2.30. The fraction of sp³-hybridized carbons (Fsp3) is 0.933. The summed E-state index contributed by atoms with van der Waals surface area (Å²) in [7, 11) is 0. The van der Waals surface area contributed by atoms with Crippen molar-refractivity contribution in [3.05, 3.63) is 0 Å². The van der Waals surface area contributed by atoms with Gasteiger partial charge in [0.25, 0.3) is 0 Å². The van der Waals surface area contributed by atoms with E-state index in [0.29, 0.717) is 17.9 Å². The van der Waals surface area contributed by atoms with Gasteiger partial charge in [-0.1, -0.05) is 19.8 Å². The summed E-state index contributed by atoms with van der Waals surface area (Å²) >= 11 is 0. The Morgan fingerprint density at radius 3 is 2.72 bits per heavy atom. The number of hydrogen-bond donors (Lipinski definition) is 1. The van der Waals surface area contributed by atoms with E-state index in [1.165, 1.54) is 38.5 Å². The van der Waals surface area contributed by atoms with Crippen LogP contribution in [0.25, 0.3) is 0 Å². The average Bonchev–Trinajstić information content (AvgIpc) is 3.21. The smallest absolute Gasteiger partial charge is 0.222 e. The molecule has 3 nitrogen and oxygen atoms in total. The molecule has 1 atom stereocenters. The van der Waals surface area contributed by atoms with Crippen molar-refractivity contribution < 1.29 is 4.79 Å². The highest BCUT2D eigenvalue weighted by Crippen LogP contribution is 2.29. The third-order valence-electron chi connectivity index (χ3n) is 4.16. The molecular formula is C15H28N2O. The van der Waals surface area contributed by atoms with Crippen LogP contribution in [0.5, 0.6) is 0 Å². The lowest BCUT2D eigenvalue weighted by atomic mass is 9.98. The van der Waals surface area contributed by atoms with Gasteiger partial charge in [0.1, 0.15) is 0 Å². The normalized spacial score (nSPS) is 23.9. The summed E-state index contributed by atoms with van der Waals surface area (Å²) in [6.07, 6.45) is 9.26. The number of rotatable bonds is 7. The number of nitrogens with one attached hydrogen (secondary N) is 1. The van der Waals surface area contributed by atoms with Gasteiger partial charge >= 0.3 is 0 Å². The number of carbonyl (C=O) groups is 1. The minimum atomic E-state index is 0.413. The zero-order valence-electron chi connectivity index (χ0n) is 11.8. The number of amides is 1. The van der Waals surface area contributed by atoms with Crippen LogP contribution in [0.4, 0.5) is 0 Å². The van der Waals surface area contributed by atoms with E-state index in [-0.39, 0.29) is 0 Å². The maximum absolute atomic E-state index is 12.3. The van der Waals surface area contributed by atoms with E-state index in [1.807, 2.05) is 0 Å². The van der Waals surface area contributed by atoms with Crippen molar-refractivity contribution in [3.63, 3.8) is 0 Å². The quantitative estimate of drug-likeness (QED) is 0.706. The topological polar surface area (TPSA) is 32.3 Å². The molecule has 2 rings (SSSR count). The molecule has 0 aromatic heterocycles. The first kappa shape index (κ1) is 13.9. The van der Waals surface area contributed by atoms with E-state index in [9.17, 15) is 4.79 Å². The second kappa shape index (κ2) is 7.13. The number of hydrogen-bond acceptors (Lipinski definition) is 2. The van der Waals surface area contributed by atoms with Crippen LogP contribution in [0.2, 0.25) is 0 Å². The summed E-state index contributed by atoms with van der Waals surface area (Å²) in [5, 5.41) is 3.45. The Labute approximate surface area is 111 Å². The molecule has 104 valence electrons. The van der Waals surface area contributed by atoms with Gasteiger partial charge in [0.05, 0.1) is 0 Å². The molecule has 1 amide bonds. The van der Waals surface area contributed by atoms with Crippen LogP contribution in [0.15, 0.2) is 0 Å². The Hall–Kier alpha value is -0.570. The Morgan fingerprint density at radius 1 is 1.28 bits per heavy atom. The van der Waals surface area contributed by atoms with Crippen molar-refractivity contribution in [1.29, 1.82) is 0 Å². The van der Waals surface area contributed by atoms with E-state index in [2.05, 4.69) is 17.1 Å². The molecule has 2 aliphatic rings. The molecule has 1 aliphatic heterocycles. The fourth-order valence-corrected chi connectivity index (χ4v) is 2.87. The maximum atomic E-state index is 12.3. The van der Waals surface area contributed by atoms with E-state index >= 15 is 0 Å². The molecule has 1 aliphatic carbocycles. The van der Waals surface area contributed by atoms with Crippen molar-refractivity contribution in [1.82, 2.24) is 10.2 Å². The second-order valence-electron chi connectivity index (χ2n) is 5.95. The number of nitrogens with zero attached hydrogens (tertiary/aromatic N) is 1. The zero-order valence-corrected chi connectivity index (χ0v) is 11.8. The van der Waals surface area contributed by atoms with Gasteiger partial charge in [0.2, 0.25) is 5.91 Å². The Morgan fingerprint density at radius 2 is 2.11 bits per heavy atom. The Balaban J connectivity index is 1.77. The molecule has 1 unspecified atom stereocenters. The van der Waals surface area contributed by atoms with E-state index in [1.54, 1.807) is 0 Å². The first-order valence-electron chi connectivity index (χ1n) is 7.81. The highest BCUT2D eigenvalue weighted by molar-refractivity contribution is 5.76. The third-order valence-corrected chi connectivity index (χ3v) is 4.16. The molecule has 1 saturated heterocycles. The Kier molecular flexibility index (Phi) is 5.48. The Bertz CT molecular complexity index is 257. The molecule has 1 saturated carbocycles. The van der Waals surface area contributed by atoms with Crippen molar-refractivity contribution in [2.75, 3.05) is 19.6 Å². The number of carbonyl (C=O) groups excluding carboxylic acids is 1. The van der Waals surface area contributed by atoms with Gasteiger partial charge in [0, 0.05) is 19.0 Å². The van der Waals surface area contributed by atoms with Crippen LogP contribution in [-0.4, -0.2) is 36.5 Å². The fourth-order valence-electron chi connectivity index (χ4n) is 2.87.